The zero-order valence-corrected chi connectivity index (χ0v) is 18.1. The van der Waals surface area contributed by atoms with Crippen molar-refractivity contribution in [1.82, 2.24) is 4.90 Å². The molecule has 1 fully saturated rings. The third-order valence-corrected chi connectivity index (χ3v) is 6.51. The van der Waals surface area contributed by atoms with Crippen molar-refractivity contribution in [3.63, 3.8) is 0 Å². The topological polar surface area (TPSA) is 49.4 Å². The highest BCUT2D eigenvalue weighted by Crippen LogP contribution is 2.33. The molecular weight excluding hydrogens is 408 g/mol. The number of hydrogen-bond acceptors (Lipinski definition) is 5. The van der Waals surface area contributed by atoms with Gasteiger partial charge in [0.15, 0.2) is 0 Å². The van der Waals surface area contributed by atoms with E-state index in [1.807, 2.05) is 54.8 Å². The third kappa shape index (κ3) is 5.77. The number of hydrogen-bond donors (Lipinski definition) is 1. The van der Waals surface area contributed by atoms with Crippen LogP contribution in [-0.2, 0) is 9.59 Å². The van der Waals surface area contributed by atoms with E-state index in [0.717, 1.165) is 29.8 Å². The minimum atomic E-state index is -0.0134. The summed E-state index contributed by atoms with van der Waals surface area (Å²) in [5.41, 5.74) is 1.99. The first-order chi connectivity index (χ1) is 13.5. The van der Waals surface area contributed by atoms with Gasteiger partial charge >= 0.3 is 0 Å². The fraction of sp³-hybridized carbons (Fsp3) is 0.286. The highest BCUT2D eigenvalue weighted by atomic mass is 32.2. The van der Waals surface area contributed by atoms with Crippen LogP contribution in [-0.4, -0.2) is 27.6 Å². The second kappa shape index (κ2) is 10.0. The maximum absolute atomic E-state index is 12.5. The van der Waals surface area contributed by atoms with Crippen molar-refractivity contribution in [2.45, 2.75) is 32.6 Å². The molecule has 0 unspecified atom stereocenters. The fourth-order valence-corrected chi connectivity index (χ4v) is 4.82. The van der Waals surface area contributed by atoms with Crippen LogP contribution in [0.4, 0.5) is 5.69 Å². The highest BCUT2D eigenvalue weighted by Gasteiger charge is 2.31. The standard InChI is InChI=1S/C21H22N2O2S3/c1-15-8-10-16(11-9-15)22-19(24)7-3-2-4-12-23-20(25)18(28-21(23)26)14-17-6-5-13-27-17/h5-6,8-11,13-14H,2-4,7,12H2,1H3,(H,22,24). The van der Waals surface area contributed by atoms with E-state index >= 15 is 0 Å². The normalized spacial score (nSPS) is 15.5. The summed E-state index contributed by atoms with van der Waals surface area (Å²) in [4.78, 5) is 28.0. The number of unbranched alkanes of at least 4 members (excludes halogenated alkanes) is 2. The lowest BCUT2D eigenvalue weighted by atomic mass is 10.1. The maximum Gasteiger partial charge on any atom is 0.266 e. The molecule has 3 rings (SSSR count). The Balaban J connectivity index is 1.38. The van der Waals surface area contributed by atoms with Crippen molar-refractivity contribution in [2.75, 3.05) is 11.9 Å². The van der Waals surface area contributed by atoms with Gasteiger partial charge in [0.05, 0.1) is 4.91 Å². The van der Waals surface area contributed by atoms with Crippen molar-refractivity contribution in [3.05, 3.63) is 57.1 Å². The molecule has 1 aliphatic rings. The van der Waals surface area contributed by atoms with E-state index in [1.54, 1.807) is 16.2 Å². The Morgan fingerprint density at radius 2 is 1.96 bits per heavy atom. The molecular formula is C21H22N2O2S3. The van der Waals surface area contributed by atoms with E-state index in [1.165, 1.54) is 17.3 Å². The minimum Gasteiger partial charge on any atom is -0.326 e. The van der Waals surface area contributed by atoms with Crippen molar-refractivity contribution in [2.24, 2.45) is 0 Å². The van der Waals surface area contributed by atoms with Gasteiger partial charge in [0.1, 0.15) is 4.32 Å². The summed E-state index contributed by atoms with van der Waals surface area (Å²) in [6.45, 7) is 2.62. The Kier molecular flexibility index (Phi) is 7.42. The number of aryl methyl sites for hydroxylation is 1. The van der Waals surface area contributed by atoms with E-state index in [0.29, 0.717) is 22.2 Å². The lowest BCUT2D eigenvalue weighted by molar-refractivity contribution is -0.122. The molecule has 0 spiro atoms. The number of thioether (sulfide) groups is 1. The van der Waals surface area contributed by atoms with Gasteiger partial charge in [-0.3, -0.25) is 14.5 Å². The molecule has 0 bridgehead atoms. The molecule has 0 saturated carbocycles. The molecule has 0 atom stereocenters. The summed E-state index contributed by atoms with van der Waals surface area (Å²) in [6, 6.07) is 11.7. The summed E-state index contributed by atoms with van der Waals surface area (Å²) in [6.07, 6.45) is 4.88. The second-order valence-corrected chi connectivity index (χ2v) is 9.23. The molecule has 4 nitrogen and oxygen atoms in total. The number of carbonyl (C=O) groups excluding carboxylic acids is 2. The summed E-state index contributed by atoms with van der Waals surface area (Å²) >= 11 is 8.32. The number of nitrogens with zero attached hydrogens (tertiary/aromatic N) is 1. The molecule has 146 valence electrons. The smallest absolute Gasteiger partial charge is 0.266 e. The molecule has 1 aromatic heterocycles. The van der Waals surface area contributed by atoms with Crippen LogP contribution < -0.4 is 5.32 Å². The van der Waals surface area contributed by atoms with Crippen molar-refractivity contribution in [1.29, 1.82) is 0 Å². The average Bonchev–Trinajstić information content (AvgIpc) is 3.27. The number of nitrogens with one attached hydrogen (secondary N) is 1. The minimum absolute atomic E-state index is 0.0134. The lowest BCUT2D eigenvalue weighted by Gasteiger charge is -2.14. The maximum atomic E-state index is 12.5. The van der Waals surface area contributed by atoms with Gasteiger partial charge in [-0.25, -0.2) is 0 Å². The van der Waals surface area contributed by atoms with Crippen molar-refractivity contribution in [3.8, 4) is 0 Å². The zero-order chi connectivity index (χ0) is 19.9. The van der Waals surface area contributed by atoms with Crippen LogP contribution in [0.5, 0.6) is 0 Å². The van der Waals surface area contributed by atoms with Gasteiger partial charge in [-0.05, 0) is 49.4 Å². The SMILES string of the molecule is Cc1ccc(NC(=O)CCCCCN2C(=O)C(=Cc3cccs3)SC2=S)cc1. The first-order valence-corrected chi connectivity index (χ1v) is 11.3. The summed E-state index contributed by atoms with van der Waals surface area (Å²) in [7, 11) is 0. The molecule has 1 aromatic carbocycles. The van der Waals surface area contributed by atoms with Crippen LogP contribution in [0.3, 0.4) is 0 Å². The second-order valence-electron chi connectivity index (χ2n) is 6.57. The molecule has 0 radical (unpaired) electrons. The third-order valence-electron chi connectivity index (χ3n) is 4.31. The molecule has 1 aliphatic heterocycles. The van der Waals surface area contributed by atoms with E-state index in [4.69, 9.17) is 12.2 Å². The highest BCUT2D eigenvalue weighted by molar-refractivity contribution is 8.26. The van der Waals surface area contributed by atoms with Gasteiger partial charge in [0.2, 0.25) is 5.91 Å². The summed E-state index contributed by atoms with van der Waals surface area (Å²) in [5.74, 6) is 0.00820. The molecule has 7 heteroatoms. The van der Waals surface area contributed by atoms with Crippen molar-refractivity contribution < 1.29 is 9.59 Å². The van der Waals surface area contributed by atoms with E-state index < -0.39 is 0 Å². The molecule has 28 heavy (non-hydrogen) atoms. The Morgan fingerprint density at radius 1 is 1.18 bits per heavy atom. The van der Waals surface area contributed by atoms with Gasteiger partial charge in [-0.15, -0.1) is 11.3 Å². The van der Waals surface area contributed by atoms with Gasteiger partial charge in [0.25, 0.3) is 5.91 Å². The number of amides is 2. The van der Waals surface area contributed by atoms with Crippen LogP contribution in [0.25, 0.3) is 6.08 Å². The number of thiocarbonyl (C=S) groups is 1. The molecule has 2 amide bonds. The van der Waals surface area contributed by atoms with Crippen LogP contribution >= 0.6 is 35.3 Å². The largest absolute Gasteiger partial charge is 0.326 e. The molecule has 2 heterocycles. The van der Waals surface area contributed by atoms with Gasteiger partial charge in [-0.2, -0.15) is 0 Å². The van der Waals surface area contributed by atoms with Crippen molar-refractivity contribution >= 4 is 63.2 Å². The van der Waals surface area contributed by atoms with Crippen LogP contribution in [0.15, 0.2) is 46.7 Å². The fourth-order valence-electron chi connectivity index (χ4n) is 2.79. The first-order valence-electron chi connectivity index (χ1n) is 9.18. The molecule has 1 N–H and O–H groups in total. The Bertz CT molecular complexity index is 874. The van der Waals surface area contributed by atoms with Gasteiger partial charge in [0, 0.05) is 23.5 Å². The Labute approximate surface area is 179 Å². The van der Waals surface area contributed by atoms with E-state index in [-0.39, 0.29) is 11.8 Å². The van der Waals surface area contributed by atoms with Crippen LogP contribution in [0.1, 0.15) is 36.1 Å². The average molecular weight is 431 g/mol. The van der Waals surface area contributed by atoms with Crippen LogP contribution in [0.2, 0.25) is 0 Å². The quantitative estimate of drug-likeness (QED) is 0.343. The number of thiophene rings is 1. The van der Waals surface area contributed by atoms with Crippen LogP contribution in [0, 0.1) is 6.92 Å². The Morgan fingerprint density at radius 3 is 2.68 bits per heavy atom. The van der Waals surface area contributed by atoms with E-state index in [9.17, 15) is 9.59 Å². The lowest BCUT2D eigenvalue weighted by Crippen LogP contribution is -2.29. The summed E-state index contributed by atoms with van der Waals surface area (Å²) < 4.78 is 0.616. The molecule has 0 aliphatic carbocycles. The number of carbonyl (C=O) groups is 2. The van der Waals surface area contributed by atoms with Gasteiger partial charge in [-0.1, -0.05) is 54.2 Å². The number of anilines is 1. The van der Waals surface area contributed by atoms with E-state index in [2.05, 4.69) is 5.32 Å². The Hall–Kier alpha value is -1.96. The number of rotatable bonds is 8. The molecule has 1 saturated heterocycles. The zero-order valence-electron chi connectivity index (χ0n) is 15.6. The predicted molar refractivity (Wildman–Crippen MR) is 122 cm³/mol. The van der Waals surface area contributed by atoms with Gasteiger partial charge < -0.3 is 5.32 Å². The predicted octanol–water partition coefficient (Wildman–Crippen LogP) is 5.46. The monoisotopic (exact) mass is 430 g/mol. The first kappa shape index (κ1) is 20.8. The number of benzene rings is 1. The summed E-state index contributed by atoms with van der Waals surface area (Å²) in [5, 5.41) is 4.90. The molecule has 2 aromatic rings.